The van der Waals surface area contributed by atoms with Crippen molar-refractivity contribution in [2.45, 2.75) is 330 Å². The van der Waals surface area contributed by atoms with Crippen LogP contribution < -0.4 is 0 Å². The molecule has 0 saturated carbocycles. The second-order valence-electron chi connectivity index (χ2n) is 17.5. The molecule has 0 heterocycles. The molecule has 0 aliphatic rings. The number of hydrogen-bond donors (Lipinski definition) is 0. The van der Waals surface area contributed by atoms with E-state index in [2.05, 4.69) is 39.4 Å². The molecule has 0 unspecified atom stereocenters. The molecule has 0 aromatic rings. The number of ether oxygens (including phenoxy) is 1. The van der Waals surface area contributed by atoms with E-state index in [9.17, 15) is 4.79 Å². The van der Waals surface area contributed by atoms with E-state index < -0.39 is 0 Å². The second-order valence-corrected chi connectivity index (χ2v) is 17.5. The van der Waals surface area contributed by atoms with Gasteiger partial charge < -0.3 is 4.74 Å². The third kappa shape index (κ3) is 65.6. The van der Waals surface area contributed by atoms with Crippen LogP contribution in [0.1, 0.15) is 330 Å². The maximum Gasteiger partial charge on any atom is 0.305 e. The minimum absolute atomic E-state index is 0.0651. The Bertz CT molecular complexity index is 558. The van der Waals surface area contributed by atoms with Gasteiger partial charge in [-0.3, -0.25) is 4.79 Å². The molecule has 0 rings (SSSR count). The lowest BCUT2D eigenvalue weighted by Gasteiger charge is -2.03. The predicted octanol–water partition coefficient (Wildman–Crippen LogP) is 20.2. The van der Waals surface area contributed by atoms with Crippen LogP contribution in [-0.2, 0) is 9.53 Å². The highest BCUT2D eigenvalue weighted by atomic mass is 16.5. The predicted molar refractivity (Wildman–Crippen MR) is 253 cm³/mol. The number of rotatable bonds is 44. The van der Waals surface area contributed by atoms with E-state index in [0.29, 0.717) is 6.42 Å². The lowest BCUT2D eigenvalue weighted by molar-refractivity contribution is -0.140. The summed E-state index contributed by atoms with van der Waals surface area (Å²) in [7, 11) is 1.47. The lowest BCUT2D eigenvalue weighted by atomic mass is 10.0. The van der Waals surface area contributed by atoms with Crippen LogP contribution in [0.3, 0.4) is 0 Å². The van der Waals surface area contributed by atoms with Crippen molar-refractivity contribution in [3.63, 3.8) is 0 Å². The summed E-state index contributed by atoms with van der Waals surface area (Å²) in [6.45, 7) is 11.4. The van der Waals surface area contributed by atoms with E-state index in [1.807, 2.05) is 0 Å². The van der Waals surface area contributed by atoms with E-state index in [4.69, 9.17) is 0 Å². The van der Waals surface area contributed by atoms with Gasteiger partial charge in [-0.2, -0.15) is 0 Å². The highest BCUT2D eigenvalue weighted by Crippen LogP contribution is 2.16. The van der Waals surface area contributed by atoms with Gasteiger partial charge in [-0.05, 0) is 6.42 Å². The van der Waals surface area contributed by atoms with Crippen molar-refractivity contribution in [1.29, 1.82) is 0 Å². The van der Waals surface area contributed by atoms with Gasteiger partial charge in [0.25, 0.3) is 0 Å². The maximum absolute atomic E-state index is 10.9. The fourth-order valence-corrected chi connectivity index (χ4v) is 7.63. The topological polar surface area (TPSA) is 26.3 Å². The summed E-state index contributed by atoms with van der Waals surface area (Å²) in [6, 6.07) is 0. The van der Waals surface area contributed by atoms with Crippen LogP contribution in [0.4, 0.5) is 0 Å². The Balaban J connectivity index is -0.000000744. The zero-order chi connectivity index (χ0) is 40.8. The summed E-state index contributed by atoms with van der Waals surface area (Å²) in [5.41, 5.74) is 0. The molecule has 0 N–H and O–H groups in total. The van der Waals surface area contributed by atoms with Gasteiger partial charge in [0.1, 0.15) is 0 Å². The SMILES string of the molecule is CCCCCCCCCCCCCCCCC.CCCCCCCCCCCCCCCCC.CCCCCCCCCCCCCCCCCC(=O)OC. The van der Waals surface area contributed by atoms with E-state index in [-0.39, 0.29) is 5.97 Å². The van der Waals surface area contributed by atoms with Gasteiger partial charge in [-0.1, -0.05) is 317 Å². The molecule has 0 atom stereocenters. The summed E-state index contributed by atoms with van der Waals surface area (Å²) < 4.78 is 4.63. The Morgan fingerprint density at radius 3 is 0.491 bits per heavy atom. The zero-order valence-electron chi connectivity index (χ0n) is 39.8. The smallest absolute Gasteiger partial charge is 0.305 e. The maximum atomic E-state index is 10.9. The van der Waals surface area contributed by atoms with Gasteiger partial charge in [0.2, 0.25) is 0 Å². The molecule has 0 fully saturated rings. The molecule has 0 aliphatic heterocycles. The minimum atomic E-state index is -0.0651. The third-order valence-electron chi connectivity index (χ3n) is 11.6. The summed E-state index contributed by atoms with van der Waals surface area (Å²) in [4.78, 5) is 10.9. The zero-order valence-corrected chi connectivity index (χ0v) is 39.8. The van der Waals surface area contributed by atoms with Crippen LogP contribution in [0.5, 0.6) is 0 Å². The molecule has 2 nitrogen and oxygen atoms in total. The number of hydrogen-bond acceptors (Lipinski definition) is 2. The summed E-state index contributed by atoms with van der Waals surface area (Å²) in [5, 5.41) is 0. The molecular weight excluding hydrogens is 669 g/mol. The van der Waals surface area contributed by atoms with Crippen LogP contribution >= 0.6 is 0 Å². The van der Waals surface area contributed by atoms with Crippen molar-refractivity contribution in [2.24, 2.45) is 0 Å². The molecule has 55 heavy (non-hydrogen) atoms. The fourth-order valence-electron chi connectivity index (χ4n) is 7.63. The first-order valence-corrected chi connectivity index (χ1v) is 26.2. The number of methoxy groups -OCH3 is 1. The van der Waals surface area contributed by atoms with Crippen LogP contribution in [0.15, 0.2) is 0 Å². The van der Waals surface area contributed by atoms with Crippen molar-refractivity contribution in [3.05, 3.63) is 0 Å². The first-order chi connectivity index (χ1) is 27.1. The highest BCUT2D eigenvalue weighted by molar-refractivity contribution is 5.68. The van der Waals surface area contributed by atoms with Gasteiger partial charge in [0, 0.05) is 6.42 Å². The first-order valence-electron chi connectivity index (χ1n) is 26.2. The standard InChI is InChI=1S/C19H38O2.2C17H36/c1-3-4-5-6-7-8-9-10-11-12-13-14-15-16-17-18-19(20)21-2;2*1-3-5-7-9-11-13-15-17-16-14-12-10-8-6-4-2/h3-18H2,1-2H3;2*3-17H2,1-2H3. The van der Waals surface area contributed by atoms with Crippen molar-refractivity contribution >= 4 is 5.97 Å². The van der Waals surface area contributed by atoms with Crippen LogP contribution in [0.2, 0.25) is 0 Å². The van der Waals surface area contributed by atoms with Gasteiger partial charge in [-0.25, -0.2) is 0 Å². The molecule has 0 aromatic carbocycles. The van der Waals surface area contributed by atoms with E-state index in [1.54, 1.807) is 0 Å². The molecule has 0 saturated heterocycles. The van der Waals surface area contributed by atoms with Crippen LogP contribution in [0, 0.1) is 0 Å². The fraction of sp³-hybridized carbons (Fsp3) is 0.981. The van der Waals surface area contributed by atoms with E-state index in [0.717, 1.165) is 6.42 Å². The van der Waals surface area contributed by atoms with Crippen molar-refractivity contribution in [3.8, 4) is 0 Å². The monoisotopic (exact) mass is 779 g/mol. The minimum Gasteiger partial charge on any atom is -0.469 e. The molecule has 0 spiro atoms. The van der Waals surface area contributed by atoms with Crippen molar-refractivity contribution in [2.75, 3.05) is 7.11 Å². The number of esters is 1. The lowest BCUT2D eigenvalue weighted by Crippen LogP contribution is -1.99. The molecule has 334 valence electrons. The average molecular weight is 779 g/mol. The normalized spacial score (nSPS) is 10.9. The average Bonchev–Trinajstić information content (AvgIpc) is 3.20. The number of carbonyl (C=O) groups excluding carboxylic acids is 1. The summed E-state index contributed by atoms with van der Waals surface area (Å²) in [6.07, 6.45) is 64.8. The van der Waals surface area contributed by atoms with Crippen molar-refractivity contribution < 1.29 is 9.53 Å². The molecule has 0 amide bonds. The van der Waals surface area contributed by atoms with Gasteiger partial charge in [-0.15, -0.1) is 0 Å². The second kappa shape index (κ2) is 60.2. The van der Waals surface area contributed by atoms with Crippen LogP contribution in [-0.4, -0.2) is 13.1 Å². The molecular formula is C53H110O2. The Hall–Kier alpha value is -0.530. The Labute approximate surface area is 351 Å². The molecule has 0 aromatic heterocycles. The molecule has 0 aliphatic carbocycles. The Morgan fingerprint density at radius 2 is 0.364 bits per heavy atom. The van der Waals surface area contributed by atoms with E-state index in [1.165, 1.54) is 290 Å². The van der Waals surface area contributed by atoms with Gasteiger partial charge in [0.05, 0.1) is 7.11 Å². The summed E-state index contributed by atoms with van der Waals surface area (Å²) in [5.74, 6) is -0.0651. The number of unbranched alkanes of at least 4 members (excludes halogenated alkanes) is 42. The third-order valence-corrected chi connectivity index (χ3v) is 11.6. The summed E-state index contributed by atoms with van der Waals surface area (Å²) >= 11 is 0. The Morgan fingerprint density at radius 1 is 0.236 bits per heavy atom. The quantitative estimate of drug-likeness (QED) is 0.0455. The number of carbonyl (C=O) groups is 1. The Kier molecular flexibility index (Phi) is 64.3. The van der Waals surface area contributed by atoms with Gasteiger partial charge in [0.15, 0.2) is 0 Å². The molecule has 0 bridgehead atoms. The largest absolute Gasteiger partial charge is 0.469 e. The van der Waals surface area contributed by atoms with Crippen LogP contribution in [0.25, 0.3) is 0 Å². The first kappa shape index (κ1) is 58.8. The molecule has 0 radical (unpaired) electrons. The van der Waals surface area contributed by atoms with E-state index >= 15 is 0 Å². The highest BCUT2D eigenvalue weighted by Gasteiger charge is 2.00. The molecule has 2 heteroatoms. The van der Waals surface area contributed by atoms with Crippen molar-refractivity contribution in [1.82, 2.24) is 0 Å². The van der Waals surface area contributed by atoms with Gasteiger partial charge >= 0.3 is 5.97 Å².